The summed E-state index contributed by atoms with van der Waals surface area (Å²) in [5, 5.41) is 6.71. The summed E-state index contributed by atoms with van der Waals surface area (Å²) < 4.78 is 0. The van der Waals surface area contributed by atoms with E-state index in [0.717, 1.165) is 25.7 Å². The summed E-state index contributed by atoms with van der Waals surface area (Å²) in [7, 11) is 0. The molecule has 0 radical (unpaired) electrons. The average Bonchev–Trinajstić information content (AvgIpc) is 2.88. The van der Waals surface area contributed by atoms with Crippen molar-refractivity contribution in [2.45, 2.75) is 31.2 Å². The van der Waals surface area contributed by atoms with Crippen molar-refractivity contribution in [2.24, 2.45) is 5.73 Å². The lowest BCUT2D eigenvalue weighted by Crippen LogP contribution is -2.54. The van der Waals surface area contributed by atoms with Crippen LogP contribution in [0.2, 0.25) is 0 Å². The van der Waals surface area contributed by atoms with E-state index in [-0.39, 0.29) is 5.91 Å². The molecular formula is C11H14N2OS2. The zero-order chi connectivity index (χ0) is 11.6. The van der Waals surface area contributed by atoms with Gasteiger partial charge in [-0.2, -0.15) is 11.3 Å². The molecule has 1 amide bonds. The number of hydrogen-bond donors (Lipinski definition) is 2. The molecule has 86 valence electrons. The third-order valence-electron chi connectivity index (χ3n) is 3.06. The van der Waals surface area contributed by atoms with Gasteiger partial charge in [-0.1, -0.05) is 25.1 Å². The van der Waals surface area contributed by atoms with Crippen LogP contribution in [0.4, 0.5) is 0 Å². The Morgan fingerprint density at radius 2 is 2.19 bits per heavy atom. The van der Waals surface area contributed by atoms with Gasteiger partial charge in [0.25, 0.3) is 5.91 Å². The third-order valence-corrected chi connectivity index (χ3v) is 4.14. The van der Waals surface area contributed by atoms with E-state index in [2.05, 4.69) is 5.32 Å². The Bertz CT molecular complexity index is 394. The highest BCUT2D eigenvalue weighted by Crippen LogP contribution is 2.30. The van der Waals surface area contributed by atoms with Gasteiger partial charge in [-0.05, 0) is 24.3 Å². The van der Waals surface area contributed by atoms with Crippen LogP contribution in [0.3, 0.4) is 0 Å². The summed E-state index contributed by atoms with van der Waals surface area (Å²) in [6.45, 7) is 0. The monoisotopic (exact) mass is 254 g/mol. The van der Waals surface area contributed by atoms with Crippen molar-refractivity contribution >= 4 is 34.5 Å². The Morgan fingerprint density at radius 3 is 2.69 bits per heavy atom. The van der Waals surface area contributed by atoms with Crippen LogP contribution in [-0.4, -0.2) is 16.4 Å². The largest absolute Gasteiger partial charge is 0.391 e. The molecule has 16 heavy (non-hydrogen) atoms. The Balaban J connectivity index is 2.13. The predicted octanol–water partition coefficient (Wildman–Crippen LogP) is 2.08. The van der Waals surface area contributed by atoms with Crippen molar-refractivity contribution in [2.75, 3.05) is 0 Å². The highest BCUT2D eigenvalue weighted by molar-refractivity contribution is 7.80. The highest BCUT2D eigenvalue weighted by Gasteiger charge is 2.38. The van der Waals surface area contributed by atoms with Crippen LogP contribution in [-0.2, 0) is 0 Å². The lowest BCUT2D eigenvalue weighted by Gasteiger charge is -2.28. The number of nitrogens with two attached hydrogens (primary N) is 1. The number of hydrogen-bond acceptors (Lipinski definition) is 3. The minimum absolute atomic E-state index is 0.0732. The standard InChI is InChI=1S/C11H14N2OS2/c12-10(15)11(4-1-2-5-11)13-9(14)8-3-6-16-7-8/h3,6-7H,1-2,4-5H2,(H2,12,15)(H,13,14). The molecule has 0 bridgehead atoms. The number of carbonyl (C=O) groups excluding carboxylic acids is 1. The van der Waals surface area contributed by atoms with Gasteiger partial charge in [0.15, 0.2) is 0 Å². The van der Waals surface area contributed by atoms with E-state index < -0.39 is 5.54 Å². The van der Waals surface area contributed by atoms with Crippen LogP contribution >= 0.6 is 23.6 Å². The van der Waals surface area contributed by atoms with Gasteiger partial charge in [0.1, 0.15) is 0 Å². The zero-order valence-corrected chi connectivity index (χ0v) is 10.5. The number of thiophene rings is 1. The van der Waals surface area contributed by atoms with E-state index in [0.29, 0.717) is 10.6 Å². The highest BCUT2D eigenvalue weighted by atomic mass is 32.1. The number of amides is 1. The maximum absolute atomic E-state index is 12.0. The van der Waals surface area contributed by atoms with Crippen LogP contribution in [0.25, 0.3) is 0 Å². The van der Waals surface area contributed by atoms with E-state index in [1.165, 1.54) is 11.3 Å². The molecule has 0 aliphatic heterocycles. The van der Waals surface area contributed by atoms with Gasteiger partial charge in [-0.15, -0.1) is 0 Å². The van der Waals surface area contributed by atoms with Gasteiger partial charge in [0, 0.05) is 5.38 Å². The molecule has 3 N–H and O–H groups in total. The molecule has 5 heteroatoms. The molecule has 1 fully saturated rings. The minimum Gasteiger partial charge on any atom is -0.391 e. The van der Waals surface area contributed by atoms with E-state index in [4.69, 9.17) is 18.0 Å². The fourth-order valence-electron chi connectivity index (χ4n) is 2.09. The Hall–Kier alpha value is -0.940. The molecule has 0 aromatic carbocycles. The molecule has 1 aromatic heterocycles. The smallest absolute Gasteiger partial charge is 0.252 e. The maximum Gasteiger partial charge on any atom is 0.252 e. The number of carbonyl (C=O) groups is 1. The van der Waals surface area contributed by atoms with Crippen LogP contribution in [0, 0.1) is 0 Å². The molecule has 0 unspecified atom stereocenters. The Labute approximate surface area is 104 Å². The molecule has 2 rings (SSSR count). The molecule has 1 heterocycles. The van der Waals surface area contributed by atoms with Crippen molar-refractivity contribution in [1.82, 2.24) is 5.32 Å². The first-order chi connectivity index (χ1) is 7.64. The molecule has 1 aromatic rings. The lowest BCUT2D eigenvalue weighted by molar-refractivity contribution is 0.0925. The Kier molecular flexibility index (Phi) is 3.25. The molecular weight excluding hydrogens is 240 g/mol. The molecule has 1 aliphatic rings. The van der Waals surface area contributed by atoms with Crippen molar-refractivity contribution in [3.8, 4) is 0 Å². The topological polar surface area (TPSA) is 55.1 Å². The van der Waals surface area contributed by atoms with Crippen molar-refractivity contribution < 1.29 is 4.79 Å². The first kappa shape index (κ1) is 11.5. The molecule has 0 saturated heterocycles. The summed E-state index contributed by atoms with van der Waals surface area (Å²) >= 11 is 6.59. The fourth-order valence-corrected chi connectivity index (χ4v) is 2.99. The minimum atomic E-state index is -0.450. The molecule has 3 nitrogen and oxygen atoms in total. The number of rotatable bonds is 3. The van der Waals surface area contributed by atoms with Gasteiger partial charge in [-0.25, -0.2) is 0 Å². The van der Waals surface area contributed by atoms with Crippen LogP contribution in [0.1, 0.15) is 36.0 Å². The molecule has 1 saturated carbocycles. The van der Waals surface area contributed by atoms with Gasteiger partial charge in [0.05, 0.1) is 16.1 Å². The second-order valence-corrected chi connectivity index (χ2v) is 5.34. The van der Waals surface area contributed by atoms with E-state index >= 15 is 0 Å². The summed E-state index contributed by atoms with van der Waals surface area (Å²) in [6.07, 6.45) is 3.86. The van der Waals surface area contributed by atoms with Gasteiger partial charge in [-0.3, -0.25) is 4.79 Å². The van der Waals surface area contributed by atoms with Crippen LogP contribution in [0.15, 0.2) is 16.8 Å². The van der Waals surface area contributed by atoms with Gasteiger partial charge >= 0.3 is 0 Å². The second kappa shape index (κ2) is 4.51. The zero-order valence-electron chi connectivity index (χ0n) is 8.86. The predicted molar refractivity (Wildman–Crippen MR) is 69.8 cm³/mol. The summed E-state index contributed by atoms with van der Waals surface area (Å²) in [4.78, 5) is 12.4. The third kappa shape index (κ3) is 2.10. The van der Waals surface area contributed by atoms with Crippen molar-refractivity contribution in [3.05, 3.63) is 22.4 Å². The van der Waals surface area contributed by atoms with E-state index in [1.54, 1.807) is 0 Å². The summed E-state index contributed by atoms with van der Waals surface area (Å²) in [5.41, 5.74) is 5.99. The number of thiocarbonyl (C=S) groups is 1. The molecule has 0 atom stereocenters. The summed E-state index contributed by atoms with van der Waals surface area (Å²) in [5.74, 6) is -0.0732. The maximum atomic E-state index is 12.0. The van der Waals surface area contributed by atoms with Crippen molar-refractivity contribution in [3.63, 3.8) is 0 Å². The van der Waals surface area contributed by atoms with E-state index in [9.17, 15) is 4.79 Å². The molecule has 0 spiro atoms. The average molecular weight is 254 g/mol. The molecule has 1 aliphatic carbocycles. The van der Waals surface area contributed by atoms with Crippen molar-refractivity contribution in [1.29, 1.82) is 0 Å². The number of nitrogens with one attached hydrogen (secondary N) is 1. The van der Waals surface area contributed by atoms with Gasteiger partial charge in [0.2, 0.25) is 0 Å². The SMILES string of the molecule is NC(=S)C1(NC(=O)c2ccsc2)CCCC1. The first-order valence-corrected chi connectivity index (χ1v) is 6.64. The van der Waals surface area contributed by atoms with E-state index in [1.807, 2.05) is 16.8 Å². The second-order valence-electron chi connectivity index (χ2n) is 4.12. The van der Waals surface area contributed by atoms with Gasteiger partial charge < -0.3 is 11.1 Å². The van der Waals surface area contributed by atoms with Crippen LogP contribution in [0.5, 0.6) is 0 Å². The first-order valence-electron chi connectivity index (χ1n) is 5.29. The fraction of sp³-hybridized carbons (Fsp3) is 0.455. The van der Waals surface area contributed by atoms with Crippen LogP contribution < -0.4 is 11.1 Å². The normalized spacial score (nSPS) is 18.2. The lowest BCUT2D eigenvalue weighted by atomic mass is 9.97. The summed E-state index contributed by atoms with van der Waals surface area (Å²) in [6, 6.07) is 1.81. The quantitative estimate of drug-likeness (QED) is 0.812. The Morgan fingerprint density at radius 1 is 1.50 bits per heavy atom.